The van der Waals surface area contributed by atoms with E-state index in [4.69, 9.17) is 11.6 Å². The van der Waals surface area contributed by atoms with Gasteiger partial charge in [-0.05, 0) is 38.5 Å². The predicted octanol–water partition coefficient (Wildman–Crippen LogP) is 2.47. The third kappa shape index (κ3) is 3.44. The predicted molar refractivity (Wildman–Crippen MR) is 69.7 cm³/mol. The van der Waals surface area contributed by atoms with Gasteiger partial charge >= 0.3 is 5.97 Å². The van der Waals surface area contributed by atoms with Gasteiger partial charge in [0.2, 0.25) is 0 Å². The van der Waals surface area contributed by atoms with Gasteiger partial charge in [-0.3, -0.25) is 4.79 Å². The highest BCUT2D eigenvalue weighted by Gasteiger charge is 2.31. The molecule has 1 amide bonds. The average Bonchev–Trinajstić information content (AvgIpc) is 2.31. The topological polar surface area (TPSA) is 55.4 Å². The fourth-order valence-corrected chi connectivity index (χ4v) is 1.78. The summed E-state index contributed by atoms with van der Waals surface area (Å²) in [6, 6.07) is 2.40. The Balaban J connectivity index is 3.03. The number of hydrogen-bond acceptors (Lipinski definition) is 3. The molecule has 19 heavy (non-hydrogen) atoms. The van der Waals surface area contributed by atoms with Gasteiger partial charge in [0.1, 0.15) is 11.4 Å². The van der Waals surface area contributed by atoms with Crippen LogP contribution in [0.15, 0.2) is 12.1 Å². The smallest absolute Gasteiger partial charge is 0.330 e. The maximum atomic E-state index is 13.4. The van der Waals surface area contributed by atoms with Crippen molar-refractivity contribution < 1.29 is 18.7 Å². The Kier molecular flexibility index (Phi) is 4.52. The second kappa shape index (κ2) is 5.57. The molecule has 4 nitrogen and oxygen atoms in total. The minimum atomic E-state index is -1.23. The van der Waals surface area contributed by atoms with Gasteiger partial charge in [-0.15, -0.1) is 0 Å². The molecule has 6 heteroatoms. The Labute approximate surface area is 115 Å². The Bertz CT molecular complexity index is 529. The second-order valence-electron chi connectivity index (χ2n) is 4.65. The number of halogens is 2. The third-order valence-electron chi connectivity index (χ3n) is 2.61. The summed E-state index contributed by atoms with van der Waals surface area (Å²) < 4.78 is 18.0. The summed E-state index contributed by atoms with van der Waals surface area (Å²) in [6.45, 7) is 4.51. The number of carbonyl (C=O) groups excluding carboxylic acids is 2. The van der Waals surface area contributed by atoms with Crippen LogP contribution in [0.2, 0.25) is 5.02 Å². The van der Waals surface area contributed by atoms with E-state index < -0.39 is 23.2 Å². The van der Waals surface area contributed by atoms with E-state index in [1.807, 2.05) is 0 Å². The number of rotatable bonds is 3. The molecule has 1 N–H and O–H groups in total. The molecule has 0 unspecified atom stereocenters. The number of methoxy groups -OCH3 is 1. The van der Waals surface area contributed by atoms with Crippen molar-refractivity contribution in [1.29, 1.82) is 0 Å². The molecule has 0 aliphatic carbocycles. The van der Waals surface area contributed by atoms with Crippen LogP contribution in [-0.2, 0) is 9.53 Å². The van der Waals surface area contributed by atoms with E-state index in [2.05, 4.69) is 10.1 Å². The van der Waals surface area contributed by atoms with Gasteiger partial charge in [0.25, 0.3) is 5.91 Å². The quantitative estimate of drug-likeness (QED) is 0.869. The lowest BCUT2D eigenvalue weighted by Crippen LogP contribution is -2.50. The molecule has 0 spiro atoms. The number of benzene rings is 1. The summed E-state index contributed by atoms with van der Waals surface area (Å²) in [6.07, 6.45) is 0. The van der Waals surface area contributed by atoms with Crippen molar-refractivity contribution in [2.75, 3.05) is 7.11 Å². The molecule has 1 aromatic rings. The number of ether oxygens (including phenoxy) is 1. The first kappa shape index (κ1) is 15.4. The lowest BCUT2D eigenvalue weighted by molar-refractivity contribution is -0.146. The van der Waals surface area contributed by atoms with E-state index in [1.165, 1.54) is 27.0 Å². The molecule has 0 aliphatic heterocycles. The van der Waals surface area contributed by atoms with E-state index >= 15 is 0 Å². The number of esters is 1. The van der Waals surface area contributed by atoms with Crippen molar-refractivity contribution in [3.05, 3.63) is 34.1 Å². The van der Waals surface area contributed by atoms with Crippen molar-refractivity contribution in [3.63, 3.8) is 0 Å². The SMILES string of the molecule is COC(=O)C(C)(C)NC(=O)c1cc(F)c(C)cc1Cl. The zero-order valence-electron chi connectivity index (χ0n) is 11.1. The van der Waals surface area contributed by atoms with Crippen LogP contribution < -0.4 is 5.32 Å². The monoisotopic (exact) mass is 287 g/mol. The summed E-state index contributed by atoms with van der Waals surface area (Å²) in [4.78, 5) is 23.5. The van der Waals surface area contributed by atoms with Crippen LogP contribution in [-0.4, -0.2) is 24.5 Å². The first-order valence-corrected chi connectivity index (χ1v) is 5.93. The molecule has 0 saturated heterocycles. The lowest BCUT2D eigenvalue weighted by Gasteiger charge is -2.23. The molecule has 0 heterocycles. The number of aryl methyl sites for hydroxylation is 1. The van der Waals surface area contributed by atoms with Crippen LogP contribution in [0, 0.1) is 12.7 Å². The highest BCUT2D eigenvalue weighted by atomic mass is 35.5. The highest BCUT2D eigenvalue weighted by Crippen LogP contribution is 2.21. The fraction of sp³-hybridized carbons (Fsp3) is 0.385. The minimum absolute atomic E-state index is 0.0262. The van der Waals surface area contributed by atoms with Crippen LogP contribution in [0.1, 0.15) is 29.8 Å². The van der Waals surface area contributed by atoms with Crippen LogP contribution in [0.5, 0.6) is 0 Å². The minimum Gasteiger partial charge on any atom is -0.467 e. The van der Waals surface area contributed by atoms with Crippen molar-refractivity contribution in [3.8, 4) is 0 Å². The van der Waals surface area contributed by atoms with Crippen molar-refractivity contribution in [1.82, 2.24) is 5.32 Å². The van der Waals surface area contributed by atoms with E-state index in [0.717, 1.165) is 6.07 Å². The van der Waals surface area contributed by atoms with E-state index in [9.17, 15) is 14.0 Å². The number of hydrogen-bond donors (Lipinski definition) is 1. The van der Waals surface area contributed by atoms with Gasteiger partial charge < -0.3 is 10.1 Å². The Morgan fingerprint density at radius 3 is 2.47 bits per heavy atom. The maximum absolute atomic E-state index is 13.4. The lowest BCUT2D eigenvalue weighted by atomic mass is 10.0. The summed E-state index contributed by atoms with van der Waals surface area (Å²) in [5.74, 6) is -1.78. The summed E-state index contributed by atoms with van der Waals surface area (Å²) in [5.41, 5.74) is -0.910. The molecule has 0 aromatic heterocycles. The second-order valence-corrected chi connectivity index (χ2v) is 5.06. The molecule has 0 aliphatic rings. The molecule has 0 saturated carbocycles. The average molecular weight is 288 g/mol. The van der Waals surface area contributed by atoms with E-state index in [-0.39, 0.29) is 10.6 Å². The van der Waals surface area contributed by atoms with Gasteiger partial charge in [0.05, 0.1) is 17.7 Å². The standard InChI is InChI=1S/C13H15ClFNO3/c1-7-5-9(14)8(6-10(7)15)11(17)16-13(2,3)12(18)19-4/h5-6H,1-4H3,(H,16,17). The van der Waals surface area contributed by atoms with E-state index in [1.54, 1.807) is 6.92 Å². The molecule has 104 valence electrons. The van der Waals surface area contributed by atoms with Crippen LogP contribution in [0.25, 0.3) is 0 Å². The van der Waals surface area contributed by atoms with Gasteiger partial charge in [0, 0.05) is 0 Å². The number of amides is 1. The molecule has 0 radical (unpaired) electrons. The van der Waals surface area contributed by atoms with Gasteiger partial charge in [-0.25, -0.2) is 9.18 Å². The van der Waals surface area contributed by atoms with Crippen LogP contribution in [0.4, 0.5) is 4.39 Å². The molecule has 0 fully saturated rings. The summed E-state index contributed by atoms with van der Waals surface area (Å²) in [7, 11) is 1.22. The molecule has 0 atom stereocenters. The summed E-state index contributed by atoms with van der Waals surface area (Å²) >= 11 is 5.89. The molecule has 1 aromatic carbocycles. The Morgan fingerprint density at radius 2 is 1.95 bits per heavy atom. The van der Waals surface area contributed by atoms with Gasteiger partial charge in [0.15, 0.2) is 0 Å². The zero-order valence-corrected chi connectivity index (χ0v) is 11.9. The third-order valence-corrected chi connectivity index (χ3v) is 2.93. The first-order chi connectivity index (χ1) is 8.69. The van der Waals surface area contributed by atoms with Crippen LogP contribution >= 0.6 is 11.6 Å². The van der Waals surface area contributed by atoms with Crippen molar-refractivity contribution in [2.24, 2.45) is 0 Å². The normalized spacial score (nSPS) is 11.1. The highest BCUT2D eigenvalue weighted by molar-refractivity contribution is 6.34. The van der Waals surface area contributed by atoms with Gasteiger partial charge in [-0.1, -0.05) is 11.6 Å². The van der Waals surface area contributed by atoms with Gasteiger partial charge in [-0.2, -0.15) is 0 Å². The molecule has 0 bridgehead atoms. The number of carbonyl (C=O) groups is 2. The number of nitrogens with one attached hydrogen (secondary N) is 1. The fourth-order valence-electron chi connectivity index (χ4n) is 1.48. The largest absolute Gasteiger partial charge is 0.467 e. The molecular formula is C13H15ClFNO3. The Morgan fingerprint density at radius 1 is 1.37 bits per heavy atom. The van der Waals surface area contributed by atoms with Crippen molar-refractivity contribution >= 4 is 23.5 Å². The summed E-state index contributed by atoms with van der Waals surface area (Å²) in [5, 5.41) is 2.57. The van der Waals surface area contributed by atoms with Crippen molar-refractivity contribution in [2.45, 2.75) is 26.3 Å². The molecular weight excluding hydrogens is 273 g/mol. The zero-order chi connectivity index (χ0) is 14.8. The first-order valence-electron chi connectivity index (χ1n) is 5.55. The van der Waals surface area contributed by atoms with Crippen LogP contribution in [0.3, 0.4) is 0 Å². The Hall–Kier alpha value is -1.62. The maximum Gasteiger partial charge on any atom is 0.330 e. The molecule has 1 rings (SSSR count). The van der Waals surface area contributed by atoms with E-state index in [0.29, 0.717) is 5.56 Å².